The highest BCUT2D eigenvalue weighted by molar-refractivity contribution is 14.0. The van der Waals surface area contributed by atoms with Crippen molar-refractivity contribution in [3.05, 3.63) is 42.0 Å². The van der Waals surface area contributed by atoms with Gasteiger partial charge in [-0.3, -0.25) is 14.8 Å². The van der Waals surface area contributed by atoms with Gasteiger partial charge in [0.2, 0.25) is 0 Å². The number of methoxy groups -OCH3 is 1. The molecule has 2 fully saturated rings. The van der Waals surface area contributed by atoms with Gasteiger partial charge in [-0.2, -0.15) is 0 Å². The second-order valence-corrected chi connectivity index (χ2v) is 9.21. The monoisotopic (exact) mass is 555 g/mol. The second-order valence-electron chi connectivity index (χ2n) is 9.21. The number of guanidine groups is 1. The van der Waals surface area contributed by atoms with Crippen LogP contribution in [0.1, 0.15) is 44.2 Å². The fraction of sp³-hybridized carbons (Fsp3) is 0.640. The summed E-state index contributed by atoms with van der Waals surface area (Å²) in [5.74, 6) is 2.39. The summed E-state index contributed by atoms with van der Waals surface area (Å²) in [5.41, 5.74) is 2.61. The summed E-state index contributed by atoms with van der Waals surface area (Å²) in [4.78, 5) is 9.50. The summed E-state index contributed by atoms with van der Waals surface area (Å²) >= 11 is 0. The molecule has 0 aromatic heterocycles. The van der Waals surface area contributed by atoms with E-state index in [1.807, 2.05) is 7.05 Å². The Balaban J connectivity index is 0.00000363. The number of nitrogens with one attached hydrogen (secondary N) is 2. The number of aliphatic imine (C=N–C) groups is 1. The summed E-state index contributed by atoms with van der Waals surface area (Å²) in [6.45, 7) is 11.5. The Labute approximate surface area is 211 Å². The highest BCUT2D eigenvalue weighted by atomic mass is 127. The van der Waals surface area contributed by atoms with Gasteiger partial charge >= 0.3 is 0 Å². The first kappa shape index (κ1) is 26.9. The van der Waals surface area contributed by atoms with Crippen LogP contribution in [0.25, 0.3) is 0 Å². The maximum Gasteiger partial charge on any atom is 0.191 e. The summed E-state index contributed by atoms with van der Waals surface area (Å²) in [7, 11) is 5.84. The molecule has 0 radical (unpaired) electrons. The van der Waals surface area contributed by atoms with Crippen LogP contribution in [-0.4, -0.2) is 75.7 Å². The van der Waals surface area contributed by atoms with Gasteiger partial charge in [0.25, 0.3) is 0 Å². The molecule has 2 N–H and O–H groups in total. The predicted molar refractivity (Wildman–Crippen MR) is 145 cm³/mol. The second kappa shape index (κ2) is 13.4. The molecule has 2 heterocycles. The van der Waals surface area contributed by atoms with E-state index in [2.05, 4.69) is 70.2 Å². The first-order valence-corrected chi connectivity index (χ1v) is 11.7. The lowest BCUT2D eigenvalue weighted by atomic mass is 9.85. The van der Waals surface area contributed by atoms with Crippen molar-refractivity contribution in [3.63, 3.8) is 0 Å². The van der Waals surface area contributed by atoms with Crippen LogP contribution in [0.3, 0.4) is 0 Å². The third-order valence-corrected chi connectivity index (χ3v) is 6.64. The lowest BCUT2D eigenvalue weighted by Crippen LogP contribution is -2.50. The average Bonchev–Trinajstić information content (AvgIpc) is 2.77. The van der Waals surface area contributed by atoms with Crippen LogP contribution in [0.15, 0.2) is 41.4 Å². The van der Waals surface area contributed by atoms with Gasteiger partial charge in [0.05, 0.1) is 7.11 Å². The minimum absolute atomic E-state index is 0. The maximum absolute atomic E-state index is 5.34. The zero-order chi connectivity index (χ0) is 22.2. The summed E-state index contributed by atoms with van der Waals surface area (Å²) in [6, 6.07) is 9.47. The van der Waals surface area contributed by atoms with E-state index in [1.165, 1.54) is 24.0 Å². The Kier molecular flexibility index (Phi) is 11.3. The number of rotatable bonds is 7. The van der Waals surface area contributed by atoms with Crippen LogP contribution in [0.5, 0.6) is 5.75 Å². The number of nitrogens with zero attached hydrogens (tertiary/aromatic N) is 3. The lowest BCUT2D eigenvalue weighted by Gasteiger charge is -2.40. The fourth-order valence-corrected chi connectivity index (χ4v) is 5.03. The molecule has 2 saturated heterocycles. The molecule has 0 amide bonds. The smallest absolute Gasteiger partial charge is 0.191 e. The molecule has 0 aliphatic carbocycles. The van der Waals surface area contributed by atoms with E-state index in [9.17, 15) is 0 Å². The van der Waals surface area contributed by atoms with Crippen molar-refractivity contribution in [3.8, 4) is 5.75 Å². The summed E-state index contributed by atoms with van der Waals surface area (Å²) in [6.07, 6.45) is 4.76. The molecule has 2 unspecified atom stereocenters. The Morgan fingerprint density at radius 1 is 1.16 bits per heavy atom. The van der Waals surface area contributed by atoms with E-state index in [-0.39, 0.29) is 24.0 Å². The molecular weight excluding hydrogens is 513 g/mol. The number of piperidine rings is 2. The van der Waals surface area contributed by atoms with Gasteiger partial charge < -0.3 is 15.4 Å². The van der Waals surface area contributed by atoms with Gasteiger partial charge in [0.15, 0.2) is 5.96 Å². The van der Waals surface area contributed by atoms with Gasteiger partial charge in [0, 0.05) is 45.3 Å². The molecule has 2 aliphatic heterocycles. The van der Waals surface area contributed by atoms with Gasteiger partial charge in [-0.25, -0.2) is 0 Å². The van der Waals surface area contributed by atoms with E-state index < -0.39 is 0 Å². The van der Waals surface area contributed by atoms with E-state index in [4.69, 9.17) is 4.74 Å². The fourth-order valence-electron chi connectivity index (χ4n) is 5.03. The average molecular weight is 556 g/mol. The van der Waals surface area contributed by atoms with Gasteiger partial charge in [-0.05, 0) is 69.8 Å². The van der Waals surface area contributed by atoms with Crippen molar-refractivity contribution < 1.29 is 4.74 Å². The summed E-state index contributed by atoms with van der Waals surface area (Å²) in [5, 5.41) is 7.29. The van der Waals surface area contributed by atoms with Crippen molar-refractivity contribution in [2.45, 2.75) is 44.7 Å². The van der Waals surface area contributed by atoms with E-state index >= 15 is 0 Å². The molecule has 0 spiro atoms. The summed E-state index contributed by atoms with van der Waals surface area (Å²) < 4.78 is 5.34. The third kappa shape index (κ3) is 7.63. The van der Waals surface area contributed by atoms with E-state index in [1.54, 1.807) is 7.11 Å². The predicted octanol–water partition coefficient (Wildman–Crippen LogP) is 3.90. The molecule has 180 valence electrons. The van der Waals surface area contributed by atoms with Crippen LogP contribution in [0.4, 0.5) is 0 Å². The molecular formula is C25H42IN5O. The maximum atomic E-state index is 5.34. The quantitative estimate of drug-likeness (QED) is 0.232. The number of benzene rings is 1. The number of halogens is 1. The minimum Gasteiger partial charge on any atom is -0.497 e. The highest BCUT2D eigenvalue weighted by Crippen LogP contribution is 2.35. The molecule has 1 aromatic rings. The molecule has 6 nitrogen and oxygen atoms in total. The standard InChI is InChI=1S/C25H41N5O.HI/c1-19(2)18-30-15-12-22(13-16-30)28-25(26-3)27-17-21-7-6-14-29(4)24(21)20-8-10-23(31-5)11-9-20;/h8-11,21-22,24H,1,6-7,12-18H2,2-5H3,(H2,26,27,28);1H. The zero-order valence-electron chi connectivity index (χ0n) is 20.3. The first-order valence-electron chi connectivity index (χ1n) is 11.7. The molecule has 0 saturated carbocycles. The molecule has 3 rings (SSSR count). The van der Waals surface area contributed by atoms with Crippen LogP contribution >= 0.6 is 24.0 Å². The first-order chi connectivity index (χ1) is 15.0. The Bertz CT molecular complexity index is 730. The Morgan fingerprint density at radius 3 is 2.44 bits per heavy atom. The van der Waals surface area contributed by atoms with Crippen molar-refractivity contribution in [2.24, 2.45) is 10.9 Å². The van der Waals surface area contributed by atoms with Crippen LogP contribution in [0, 0.1) is 5.92 Å². The molecule has 1 aromatic carbocycles. The van der Waals surface area contributed by atoms with Gasteiger partial charge in [-0.1, -0.05) is 24.3 Å². The molecule has 0 bridgehead atoms. The SMILES string of the molecule is C=C(C)CN1CCC(NC(=NC)NCC2CCCN(C)C2c2ccc(OC)cc2)CC1.I. The van der Waals surface area contributed by atoms with Crippen LogP contribution in [0.2, 0.25) is 0 Å². The number of hydrogen-bond acceptors (Lipinski definition) is 4. The van der Waals surface area contributed by atoms with Gasteiger partial charge in [-0.15, -0.1) is 24.0 Å². The van der Waals surface area contributed by atoms with Crippen molar-refractivity contribution in [2.75, 3.05) is 53.9 Å². The highest BCUT2D eigenvalue weighted by Gasteiger charge is 2.30. The minimum atomic E-state index is 0. The van der Waals surface area contributed by atoms with E-state index in [0.29, 0.717) is 18.0 Å². The van der Waals surface area contributed by atoms with Crippen molar-refractivity contribution in [1.29, 1.82) is 0 Å². The lowest BCUT2D eigenvalue weighted by molar-refractivity contribution is 0.122. The van der Waals surface area contributed by atoms with E-state index in [0.717, 1.165) is 57.3 Å². The molecule has 32 heavy (non-hydrogen) atoms. The molecule has 7 heteroatoms. The Hall–Kier alpha value is -1.32. The van der Waals surface area contributed by atoms with Gasteiger partial charge in [0.1, 0.15) is 5.75 Å². The molecule has 2 aliphatic rings. The number of likely N-dealkylation sites (tertiary alicyclic amines) is 2. The third-order valence-electron chi connectivity index (χ3n) is 6.64. The molecule has 2 atom stereocenters. The van der Waals surface area contributed by atoms with Crippen LogP contribution < -0.4 is 15.4 Å². The van der Waals surface area contributed by atoms with Crippen LogP contribution in [-0.2, 0) is 0 Å². The topological polar surface area (TPSA) is 52.1 Å². The Morgan fingerprint density at radius 2 is 1.84 bits per heavy atom. The zero-order valence-corrected chi connectivity index (χ0v) is 22.6. The normalized spacial score (nSPS) is 23.3. The van der Waals surface area contributed by atoms with Crippen molar-refractivity contribution >= 4 is 29.9 Å². The number of hydrogen-bond donors (Lipinski definition) is 2. The number of ether oxygens (including phenoxy) is 1. The largest absolute Gasteiger partial charge is 0.497 e. The van der Waals surface area contributed by atoms with Crippen molar-refractivity contribution in [1.82, 2.24) is 20.4 Å².